The summed E-state index contributed by atoms with van der Waals surface area (Å²) in [5.41, 5.74) is 0. The van der Waals surface area contributed by atoms with Gasteiger partial charge in [-0.1, -0.05) is 32.1 Å². The monoisotopic (exact) mass is 194 g/mol. The van der Waals surface area contributed by atoms with Gasteiger partial charge in [-0.15, -0.1) is 0 Å². The maximum Gasteiger partial charge on any atom is 0.0576 e. The number of fused-ring (bicyclic) bond motifs is 1. The fourth-order valence-corrected chi connectivity index (χ4v) is 3.85. The lowest BCUT2D eigenvalue weighted by atomic mass is 9.80. The molecular formula is C13H22O. The Kier molecular flexibility index (Phi) is 2.31. The molecular weight excluding hydrogens is 172 g/mol. The van der Waals surface area contributed by atoms with Crippen molar-refractivity contribution in [3.63, 3.8) is 0 Å². The Balaban J connectivity index is 1.50. The Morgan fingerprint density at radius 1 is 0.929 bits per heavy atom. The molecule has 80 valence electrons. The van der Waals surface area contributed by atoms with Crippen molar-refractivity contribution in [1.29, 1.82) is 0 Å². The van der Waals surface area contributed by atoms with Crippen molar-refractivity contribution in [2.45, 2.75) is 57.5 Å². The average molecular weight is 194 g/mol. The van der Waals surface area contributed by atoms with E-state index in [4.69, 9.17) is 0 Å². The van der Waals surface area contributed by atoms with Gasteiger partial charge < -0.3 is 5.11 Å². The summed E-state index contributed by atoms with van der Waals surface area (Å²) < 4.78 is 0. The van der Waals surface area contributed by atoms with Gasteiger partial charge in [0.2, 0.25) is 0 Å². The highest BCUT2D eigenvalue weighted by molar-refractivity contribution is 5.02. The van der Waals surface area contributed by atoms with Crippen molar-refractivity contribution >= 4 is 0 Å². The quantitative estimate of drug-likeness (QED) is 0.732. The lowest BCUT2D eigenvalue weighted by Crippen LogP contribution is -2.21. The third-order valence-corrected chi connectivity index (χ3v) is 4.97. The minimum Gasteiger partial charge on any atom is -0.393 e. The topological polar surface area (TPSA) is 20.2 Å². The molecule has 0 aromatic heterocycles. The van der Waals surface area contributed by atoms with Gasteiger partial charge in [0, 0.05) is 0 Å². The van der Waals surface area contributed by atoms with Crippen LogP contribution in [0, 0.1) is 23.7 Å². The van der Waals surface area contributed by atoms with Crippen LogP contribution in [0.1, 0.15) is 51.4 Å². The highest BCUT2D eigenvalue weighted by Crippen LogP contribution is 2.58. The van der Waals surface area contributed by atoms with Crippen LogP contribution in [-0.4, -0.2) is 11.2 Å². The average Bonchev–Trinajstić information content (AvgIpc) is 2.85. The van der Waals surface area contributed by atoms with E-state index in [-0.39, 0.29) is 6.10 Å². The fraction of sp³-hybridized carbons (Fsp3) is 1.00. The summed E-state index contributed by atoms with van der Waals surface area (Å²) in [5, 5.41) is 10.2. The zero-order valence-electron chi connectivity index (χ0n) is 8.99. The highest BCUT2D eigenvalue weighted by atomic mass is 16.3. The number of aliphatic hydroxyl groups excluding tert-OH is 1. The predicted molar refractivity (Wildman–Crippen MR) is 56.9 cm³/mol. The molecule has 0 amide bonds. The van der Waals surface area contributed by atoms with E-state index in [1.807, 2.05) is 0 Å². The van der Waals surface area contributed by atoms with Crippen LogP contribution < -0.4 is 0 Å². The van der Waals surface area contributed by atoms with E-state index in [0.717, 1.165) is 30.1 Å². The summed E-state index contributed by atoms with van der Waals surface area (Å²) in [7, 11) is 0. The molecule has 1 nitrogen and oxygen atoms in total. The van der Waals surface area contributed by atoms with Crippen LogP contribution in [0.5, 0.6) is 0 Å². The first-order valence-corrected chi connectivity index (χ1v) is 6.54. The molecule has 0 bridgehead atoms. The summed E-state index contributed by atoms with van der Waals surface area (Å²) in [6.07, 6.45) is 11.0. The number of hydrogen-bond donors (Lipinski definition) is 1. The van der Waals surface area contributed by atoms with Gasteiger partial charge in [0.1, 0.15) is 0 Å². The largest absolute Gasteiger partial charge is 0.393 e. The lowest BCUT2D eigenvalue weighted by molar-refractivity contribution is 0.0908. The molecule has 0 aliphatic heterocycles. The van der Waals surface area contributed by atoms with E-state index in [0.29, 0.717) is 0 Å². The molecule has 3 rings (SSSR count). The lowest BCUT2D eigenvalue weighted by Gasteiger charge is -2.27. The van der Waals surface area contributed by atoms with Crippen LogP contribution in [0.15, 0.2) is 0 Å². The van der Waals surface area contributed by atoms with Crippen molar-refractivity contribution in [2.24, 2.45) is 23.7 Å². The molecule has 3 unspecified atom stereocenters. The first kappa shape index (κ1) is 9.21. The molecule has 3 aliphatic carbocycles. The maximum absolute atomic E-state index is 10.2. The second-order valence-corrected chi connectivity index (χ2v) is 5.79. The third kappa shape index (κ3) is 1.50. The van der Waals surface area contributed by atoms with Crippen LogP contribution in [0.4, 0.5) is 0 Å². The summed E-state index contributed by atoms with van der Waals surface area (Å²) in [6.45, 7) is 0. The van der Waals surface area contributed by atoms with Crippen molar-refractivity contribution < 1.29 is 5.11 Å². The predicted octanol–water partition coefficient (Wildman–Crippen LogP) is 2.97. The van der Waals surface area contributed by atoms with Crippen molar-refractivity contribution in [3.8, 4) is 0 Å². The number of hydrogen-bond acceptors (Lipinski definition) is 1. The van der Waals surface area contributed by atoms with Crippen LogP contribution >= 0.6 is 0 Å². The van der Waals surface area contributed by atoms with E-state index >= 15 is 0 Å². The van der Waals surface area contributed by atoms with Crippen LogP contribution in [0.3, 0.4) is 0 Å². The van der Waals surface area contributed by atoms with Gasteiger partial charge >= 0.3 is 0 Å². The van der Waals surface area contributed by atoms with Gasteiger partial charge in [0.05, 0.1) is 6.10 Å². The van der Waals surface area contributed by atoms with Gasteiger partial charge in [-0.3, -0.25) is 0 Å². The van der Waals surface area contributed by atoms with Crippen molar-refractivity contribution in [3.05, 3.63) is 0 Å². The molecule has 3 saturated carbocycles. The minimum atomic E-state index is 0.0633. The normalized spacial score (nSPS) is 43.9. The van der Waals surface area contributed by atoms with Crippen molar-refractivity contribution in [1.82, 2.24) is 0 Å². The Hall–Kier alpha value is -0.0400. The molecule has 0 radical (unpaired) electrons. The number of rotatable bonds is 3. The van der Waals surface area contributed by atoms with Gasteiger partial charge in [0.25, 0.3) is 0 Å². The minimum absolute atomic E-state index is 0.0633. The van der Waals surface area contributed by atoms with Crippen LogP contribution in [-0.2, 0) is 0 Å². The van der Waals surface area contributed by atoms with Crippen molar-refractivity contribution in [2.75, 3.05) is 0 Å². The summed E-state index contributed by atoms with van der Waals surface area (Å²) >= 11 is 0. The summed E-state index contributed by atoms with van der Waals surface area (Å²) in [5.74, 6) is 3.46. The maximum atomic E-state index is 10.2. The summed E-state index contributed by atoms with van der Waals surface area (Å²) in [6, 6.07) is 0. The molecule has 0 aromatic rings. The molecule has 1 N–H and O–H groups in total. The molecule has 14 heavy (non-hydrogen) atoms. The van der Waals surface area contributed by atoms with Gasteiger partial charge in [-0.2, -0.15) is 0 Å². The second-order valence-electron chi connectivity index (χ2n) is 5.79. The third-order valence-electron chi connectivity index (χ3n) is 4.97. The second kappa shape index (κ2) is 3.52. The van der Waals surface area contributed by atoms with Crippen LogP contribution in [0.2, 0.25) is 0 Å². The van der Waals surface area contributed by atoms with E-state index in [1.54, 1.807) is 0 Å². The van der Waals surface area contributed by atoms with E-state index in [9.17, 15) is 5.11 Å². The van der Waals surface area contributed by atoms with Crippen LogP contribution in [0.25, 0.3) is 0 Å². The molecule has 3 atom stereocenters. The van der Waals surface area contributed by atoms with Gasteiger partial charge in [-0.05, 0) is 42.9 Å². The standard InChI is InChI=1S/C13H22O/c14-12(8-9-4-3-5-9)13-10-6-1-2-7-11(10)13/h9-14H,1-8H2. The fourth-order valence-electron chi connectivity index (χ4n) is 3.85. The SMILES string of the molecule is OC(CC1CCC1)C1C2CCCCC21. The van der Waals surface area contributed by atoms with E-state index in [2.05, 4.69) is 0 Å². The number of aliphatic hydroxyl groups is 1. The Bertz CT molecular complexity index is 197. The first-order valence-electron chi connectivity index (χ1n) is 6.54. The zero-order valence-corrected chi connectivity index (χ0v) is 8.99. The Labute approximate surface area is 86.9 Å². The van der Waals surface area contributed by atoms with Gasteiger partial charge in [-0.25, -0.2) is 0 Å². The smallest absolute Gasteiger partial charge is 0.0576 e. The van der Waals surface area contributed by atoms with E-state index < -0.39 is 0 Å². The first-order chi connectivity index (χ1) is 6.86. The molecule has 0 aromatic carbocycles. The van der Waals surface area contributed by atoms with Gasteiger partial charge in [0.15, 0.2) is 0 Å². The molecule has 0 heterocycles. The Morgan fingerprint density at radius 2 is 1.57 bits per heavy atom. The molecule has 3 aliphatic rings. The van der Waals surface area contributed by atoms with E-state index in [1.165, 1.54) is 44.9 Å². The summed E-state index contributed by atoms with van der Waals surface area (Å²) in [4.78, 5) is 0. The molecule has 1 heteroatoms. The molecule has 0 spiro atoms. The Morgan fingerprint density at radius 3 is 2.07 bits per heavy atom. The molecule has 0 saturated heterocycles. The zero-order chi connectivity index (χ0) is 9.54. The highest BCUT2D eigenvalue weighted by Gasteiger charge is 2.53. The molecule has 3 fully saturated rings.